The standard InChI is InChI=1S/C13H15BrClNO3S/c1-8-3-2-4-10(8)13(17)16-9-5-6-12(11(14)7-9)20(15,18)19/h5-8,10H,2-4H2,1H3,(H,16,17). The van der Waals surface area contributed by atoms with Gasteiger partial charge >= 0.3 is 0 Å². The van der Waals surface area contributed by atoms with Crippen LogP contribution in [0.15, 0.2) is 27.6 Å². The van der Waals surface area contributed by atoms with Crippen LogP contribution in [0.4, 0.5) is 5.69 Å². The molecule has 1 saturated carbocycles. The van der Waals surface area contributed by atoms with Crippen LogP contribution in [0.2, 0.25) is 0 Å². The van der Waals surface area contributed by atoms with Gasteiger partial charge in [-0.2, -0.15) is 0 Å². The van der Waals surface area contributed by atoms with Crippen molar-refractivity contribution >= 4 is 47.3 Å². The minimum absolute atomic E-state index is 0.00796. The Hall–Kier alpha value is -0.590. The zero-order valence-corrected chi connectivity index (χ0v) is 14.1. The predicted octanol–water partition coefficient (Wildman–Crippen LogP) is 3.75. The lowest BCUT2D eigenvalue weighted by Crippen LogP contribution is -2.24. The van der Waals surface area contributed by atoms with E-state index < -0.39 is 9.05 Å². The molecule has 2 unspecified atom stereocenters. The summed E-state index contributed by atoms with van der Waals surface area (Å²) in [6.07, 6.45) is 3.06. The van der Waals surface area contributed by atoms with Crippen molar-refractivity contribution in [1.82, 2.24) is 0 Å². The van der Waals surface area contributed by atoms with Crippen LogP contribution in [0.3, 0.4) is 0 Å². The summed E-state index contributed by atoms with van der Waals surface area (Å²) < 4.78 is 22.9. The van der Waals surface area contributed by atoms with Crippen molar-refractivity contribution in [1.29, 1.82) is 0 Å². The molecule has 0 aliphatic heterocycles. The quantitative estimate of drug-likeness (QED) is 0.812. The maximum atomic E-state index is 12.1. The topological polar surface area (TPSA) is 63.2 Å². The summed E-state index contributed by atoms with van der Waals surface area (Å²) >= 11 is 3.15. The van der Waals surface area contributed by atoms with Crippen LogP contribution >= 0.6 is 26.6 Å². The third-order valence-electron chi connectivity index (χ3n) is 3.66. The molecular weight excluding hydrogens is 366 g/mol. The molecule has 1 aromatic rings. The molecule has 7 heteroatoms. The lowest BCUT2D eigenvalue weighted by atomic mass is 9.97. The Morgan fingerprint density at radius 1 is 1.40 bits per heavy atom. The molecule has 1 amide bonds. The lowest BCUT2D eigenvalue weighted by molar-refractivity contribution is -0.120. The number of carbonyl (C=O) groups excluding carboxylic acids is 1. The first kappa shape index (κ1) is 15.8. The van der Waals surface area contributed by atoms with Crippen LogP contribution in [0.25, 0.3) is 0 Å². The maximum Gasteiger partial charge on any atom is 0.262 e. The number of hydrogen-bond acceptors (Lipinski definition) is 3. The normalized spacial score (nSPS) is 22.8. The van der Waals surface area contributed by atoms with Gasteiger partial charge in [-0.05, 0) is 52.9 Å². The molecule has 0 heterocycles. The van der Waals surface area contributed by atoms with E-state index in [0.717, 1.165) is 19.3 Å². The Morgan fingerprint density at radius 3 is 2.60 bits per heavy atom. The van der Waals surface area contributed by atoms with Gasteiger partial charge in [0.15, 0.2) is 0 Å². The summed E-state index contributed by atoms with van der Waals surface area (Å²) in [6.45, 7) is 2.08. The van der Waals surface area contributed by atoms with Crippen molar-refractivity contribution in [2.24, 2.45) is 11.8 Å². The summed E-state index contributed by atoms with van der Waals surface area (Å²) in [6, 6.07) is 4.46. The van der Waals surface area contributed by atoms with Crippen molar-refractivity contribution in [3.63, 3.8) is 0 Å². The lowest BCUT2D eigenvalue weighted by Gasteiger charge is -2.15. The maximum absolute atomic E-state index is 12.1. The molecule has 0 spiro atoms. The fourth-order valence-corrected chi connectivity index (χ4v) is 4.77. The third kappa shape index (κ3) is 3.54. The summed E-state index contributed by atoms with van der Waals surface area (Å²) in [4.78, 5) is 12.1. The predicted molar refractivity (Wildman–Crippen MR) is 82.3 cm³/mol. The molecular formula is C13H15BrClNO3S. The van der Waals surface area contributed by atoms with Gasteiger partial charge < -0.3 is 5.32 Å². The Balaban J connectivity index is 2.15. The monoisotopic (exact) mass is 379 g/mol. The van der Waals surface area contributed by atoms with E-state index in [4.69, 9.17) is 10.7 Å². The molecule has 2 rings (SSSR count). The van der Waals surface area contributed by atoms with Gasteiger partial charge in [0, 0.05) is 26.8 Å². The number of amides is 1. The molecule has 1 aliphatic rings. The van der Waals surface area contributed by atoms with Crippen LogP contribution in [0, 0.1) is 11.8 Å². The van der Waals surface area contributed by atoms with Crippen molar-refractivity contribution < 1.29 is 13.2 Å². The summed E-state index contributed by atoms with van der Waals surface area (Å²) in [5, 5.41) is 2.83. The molecule has 0 saturated heterocycles. The largest absolute Gasteiger partial charge is 0.326 e. The molecule has 1 aliphatic carbocycles. The van der Waals surface area contributed by atoms with E-state index in [-0.39, 0.29) is 16.7 Å². The van der Waals surface area contributed by atoms with Gasteiger partial charge in [0.1, 0.15) is 0 Å². The molecule has 0 bridgehead atoms. The van der Waals surface area contributed by atoms with Gasteiger partial charge in [0.2, 0.25) is 5.91 Å². The number of benzene rings is 1. The highest BCUT2D eigenvalue weighted by molar-refractivity contribution is 9.10. The highest BCUT2D eigenvalue weighted by Crippen LogP contribution is 2.33. The average molecular weight is 381 g/mol. The molecule has 0 radical (unpaired) electrons. The minimum atomic E-state index is -3.79. The van der Waals surface area contributed by atoms with Crippen molar-refractivity contribution in [2.45, 2.75) is 31.1 Å². The number of hydrogen-bond donors (Lipinski definition) is 1. The number of anilines is 1. The number of nitrogens with one attached hydrogen (secondary N) is 1. The van der Waals surface area contributed by atoms with Gasteiger partial charge in [-0.25, -0.2) is 8.42 Å². The first-order valence-electron chi connectivity index (χ1n) is 6.34. The smallest absolute Gasteiger partial charge is 0.262 e. The van der Waals surface area contributed by atoms with Gasteiger partial charge in [-0.3, -0.25) is 4.79 Å². The van der Waals surface area contributed by atoms with E-state index in [1.54, 1.807) is 6.07 Å². The average Bonchev–Trinajstić information content (AvgIpc) is 2.73. The zero-order valence-electron chi connectivity index (χ0n) is 10.9. The van der Waals surface area contributed by atoms with E-state index in [0.29, 0.717) is 16.1 Å². The van der Waals surface area contributed by atoms with Crippen LogP contribution in [0.5, 0.6) is 0 Å². The molecule has 1 fully saturated rings. The van der Waals surface area contributed by atoms with Crippen molar-refractivity contribution in [2.75, 3.05) is 5.32 Å². The van der Waals surface area contributed by atoms with Gasteiger partial charge in [-0.1, -0.05) is 13.3 Å². The van der Waals surface area contributed by atoms with Crippen molar-refractivity contribution in [3.8, 4) is 0 Å². The number of rotatable bonds is 3. The molecule has 2 atom stereocenters. The second-order valence-electron chi connectivity index (χ2n) is 5.09. The van der Waals surface area contributed by atoms with Gasteiger partial charge in [0.05, 0.1) is 4.90 Å². The van der Waals surface area contributed by atoms with Crippen LogP contribution < -0.4 is 5.32 Å². The van der Waals surface area contributed by atoms with Crippen molar-refractivity contribution in [3.05, 3.63) is 22.7 Å². The van der Waals surface area contributed by atoms with E-state index in [2.05, 4.69) is 28.2 Å². The molecule has 4 nitrogen and oxygen atoms in total. The molecule has 110 valence electrons. The number of carbonyl (C=O) groups is 1. The number of halogens is 2. The summed E-state index contributed by atoms with van der Waals surface area (Å²) in [5.74, 6) is 0.412. The zero-order chi connectivity index (χ0) is 14.9. The highest BCUT2D eigenvalue weighted by Gasteiger charge is 2.29. The summed E-state index contributed by atoms with van der Waals surface area (Å²) in [7, 11) is 1.51. The highest BCUT2D eigenvalue weighted by atomic mass is 79.9. The minimum Gasteiger partial charge on any atom is -0.326 e. The SMILES string of the molecule is CC1CCCC1C(=O)Nc1ccc(S(=O)(=O)Cl)c(Br)c1. The second-order valence-corrected chi connectivity index (χ2v) is 8.48. The Labute approximate surface area is 131 Å². The molecule has 1 N–H and O–H groups in total. The van der Waals surface area contributed by atoms with E-state index in [1.807, 2.05) is 0 Å². The Morgan fingerprint density at radius 2 is 2.10 bits per heavy atom. The molecule has 1 aromatic carbocycles. The first-order valence-corrected chi connectivity index (χ1v) is 9.44. The molecule has 0 aromatic heterocycles. The third-order valence-corrected chi connectivity index (χ3v) is 5.96. The van der Waals surface area contributed by atoms with Gasteiger partial charge in [0.25, 0.3) is 9.05 Å². The summed E-state index contributed by atoms with van der Waals surface area (Å²) in [5.41, 5.74) is 0.560. The first-order chi connectivity index (χ1) is 9.29. The fraction of sp³-hybridized carbons (Fsp3) is 0.462. The molecule has 20 heavy (non-hydrogen) atoms. The second kappa shape index (κ2) is 6.03. The van der Waals surface area contributed by atoms with Crippen LogP contribution in [0.1, 0.15) is 26.2 Å². The van der Waals surface area contributed by atoms with Crippen LogP contribution in [-0.4, -0.2) is 14.3 Å². The van der Waals surface area contributed by atoms with E-state index in [9.17, 15) is 13.2 Å². The van der Waals surface area contributed by atoms with E-state index in [1.165, 1.54) is 12.1 Å². The van der Waals surface area contributed by atoms with Gasteiger partial charge in [-0.15, -0.1) is 0 Å². The van der Waals surface area contributed by atoms with E-state index >= 15 is 0 Å². The Bertz CT molecular complexity index is 633. The Kier molecular flexibility index (Phi) is 4.76. The fourth-order valence-electron chi connectivity index (χ4n) is 2.55. The van der Waals surface area contributed by atoms with Crippen LogP contribution in [-0.2, 0) is 13.8 Å².